The van der Waals surface area contributed by atoms with E-state index in [0.29, 0.717) is 19.0 Å². The van der Waals surface area contributed by atoms with Crippen molar-refractivity contribution in [1.82, 2.24) is 20.2 Å². The Morgan fingerprint density at radius 1 is 1.42 bits per heavy atom. The van der Waals surface area contributed by atoms with Gasteiger partial charge >= 0.3 is 0 Å². The molecule has 26 heavy (non-hydrogen) atoms. The zero-order valence-electron chi connectivity index (χ0n) is 15.2. The van der Waals surface area contributed by atoms with Gasteiger partial charge in [0.15, 0.2) is 0 Å². The van der Waals surface area contributed by atoms with E-state index in [0.717, 1.165) is 48.9 Å². The third-order valence-electron chi connectivity index (χ3n) is 5.51. The van der Waals surface area contributed by atoms with Crippen LogP contribution in [0.3, 0.4) is 0 Å². The van der Waals surface area contributed by atoms with Gasteiger partial charge in [0.1, 0.15) is 4.83 Å². The first-order valence-electron chi connectivity index (χ1n) is 9.64. The average Bonchev–Trinajstić information content (AvgIpc) is 3.00. The van der Waals surface area contributed by atoms with Crippen molar-refractivity contribution >= 4 is 27.5 Å². The molecule has 1 aliphatic heterocycles. The van der Waals surface area contributed by atoms with Crippen LogP contribution in [0.25, 0.3) is 10.2 Å². The molecule has 2 aromatic heterocycles. The second-order valence-electron chi connectivity index (χ2n) is 7.53. The van der Waals surface area contributed by atoms with Gasteiger partial charge in [-0.1, -0.05) is 0 Å². The first-order valence-corrected chi connectivity index (χ1v) is 10.5. The van der Waals surface area contributed by atoms with Crippen molar-refractivity contribution in [3.05, 3.63) is 27.1 Å². The zero-order valence-corrected chi connectivity index (χ0v) is 16.0. The molecule has 1 amide bonds. The topological polar surface area (TPSA) is 76.0 Å². The fourth-order valence-electron chi connectivity index (χ4n) is 4.13. The van der Waals surface area contributed by atoms with Gasteiger partial charge < -0.3 is 10.6 Å². The van der Waals surface area contributed by atoms with Crippen molar-refractivity contribution in [1.29, 1.82) is 0 Å². The molecule has 2 atom stereocenters. The number of nitrogens with one attached hydrogen (secondary N) is 2. The highest BCUT2D eigenvalue weighted by Gasteiger charge is 2.21. The summed E-state index contributed by atoms with van der Waals surface area (Å²) in [5.41, 5.74) is 1.22. The first kappa shape index (κ1) is 17.7. The number of rotatable bonds is 4. The Hall–Kier alpha value is -1.73. The van der Waals surface area contributed by atoms with Gasteiger partial charge in [-0.2, -0.15) is 0 Å². The number of nitrogens with zero attached hydrogens (tertiary/aromatic N) is 2. The van der Waals surface area contributed by atoms with Gasteiger partial charge in [0, 0.05) is 29.9 Å². The number of aryl methyl sites for hydroxylation is 3. The van der Waals surface area contributed by atoms with Crippen molar-refractivity contribution < 1.29 is 4.79 Å². The highest BCUT2D eigenvalue weighted by Crippen LogP contribution is 2.33. The van der Waals surface area contributed by atoms with Crippen molar-refractivity contribution in [2.45, 2.75) is 70.5 Å². The maximum Gasteiger partial charge on any atom is 0.262 e. The molecule has 3 heterocycles. The Labute approximate surface area is 157 Å². The van der Waals surface area contributed by atoms with Crippen LogP contribution in [0.5, 0.6) is 0 Å². The fraction of sp³-hybridized carbons (Fsp3) is 0.632. The van der Waals surface area contributed by atoms with Crippen LogP contribution < -0.4 is 16.2 Å². The molecule has 1 fully saturated rings. The van der Waals surface area contributed by atoms with E-state index in [4.69, 9.17) is 0 Å². The second kappa shape index (κ2) is 7.48. The highest BCUT2D eigenvalue weighted by atomic mass is 32.1. The maximum atomic E-state index is 12.9. The Morgan fingerprint density at radius 2 is 2.27 bits per heavy atom. The summed E-state index contributed by atoms with van der Waals surface area (Å²) in [6.45, 7) is 3.47. The van der Waals surface area contributed by atoms with Crippen LogP contribution in [0, 0.1) is 0 Å². The Bertz CT molecular complexity index is 872. The van der Waals surface area contributed by atoms with Crippen LogP contribution in [0.4, 0.5) is 0 Å². The van der Waals surface area contributed by atoms with Crippen LogP contribution in [0.15, 0.2) is 11.1 Å². The van der Waals surface area contributed by atoms with Gasteiger partial charge in [0.2, 0.25) is 5.91 Å². The molecule has 2 aromatic rings. The molecule has 1 aliphatic carbocycles. The van der Waals surface area contributed by atoms with Gasteiger partial charge in [-0.15, -0.1) is 11.3 Å². The lowest BCUT2D eigenvalue weighted by molar-refractivity contribution is -0.122. The summed E-state index contributed by atoms with van der Waals surface area (Å²) in [4.78, 5) is 31.9. The third-order valence-corrected chi connectivity index (χ3v) is 6.71. The number of thiophene rings is 1. The molecule has 2 aliphatic rings. The minimum Gasteiger partial charge on any atom is -0.353 e. The summed E-state index contributed by atoms with van der Waals surface area (Å²) in [5.74, 6) is 0.0171. The monoisotopic (exact) mass is 374 g/mol. The number of aromatic nitrogens is 2. The van der Waals surface area contributed by atoms with E-state index in [1.54, 1.807) is 22.2 Å². The molecule has 0 radical (unpaired) electrons. The summed E-state index contributed by atoms with van der Waals surface area (Å²) in [6.07, 6.45) is 8.22. The van der Waals surface area contributed by atoms with E-state index in [9.17, 15) is 9.59 Å². The van der Waals surface area contributed by atoms with Gasteiger partial charge in [-0.05, 0) is 57.6 Å². The summed E-state index contributed by atoms with van der Waals surface area (Å²) < 4.78 is 1.61. The lowest BCUT2D eigenvalue weighted by Gasteiger charge is -2.28. The zero-order chi connectivity index (χ0) is 18.1. The molecular weight excluding hydrogens is 348 g/mol. The van der Waals surface area contributed by atoms with Gasteiger partial charge in [0.05, 0.1) is 11.7 Å². The first-order chi connectivity index (χ1) is 12.6. The number of amides is 1. The number of carbonyl (C=O) groups is 1. The molecule has 0 bridgehead atoms. The van der Waals surface area contributed by atoms with E-state index in [1.165, 1.54) is 16.9 Å². The molecule has 4 rings (SSSR count). The van der Waals surface area contributed by atoms with Gasteiger partial charge in [-0.25, -0.2) is 4.98 Å². The number of piperidine rings is 1. The molecular formula is C19H26N4O2S. The van der Waals surface area contributed by atoms with Crippen LogP contribution in [0.2, 0.25) is 0 Å². The number of fused-ring (bicyclic) bond motifs is 3. The molecule has 0 saturated carbocycles. The van der Waals surface area contributed by atoms with Crippen molar-refractivity contribution in [2.75, 3.05) is 6.54 Å². The minimum absolute atomic E-state index is 0.0117. The van der Waals surface area contributed by atoms with E-state index >= 15 is 0 Å². The smallest absolute Gasteiger partial charge is 0.262 e. The van der Waals surface area contributed by atoms with Gasteiger partial charge in [0.25, 0.3) is 5.56 Å². The van der Waals surface area contributed by atoms with E-state index in [-0.39, 0.29) is 17.5 Å². The highest BCUT2D eigenvalue weighted by molar-refractivity contribution is 7.18. The standard InChI is InChI=1S/C19H26N4O2S/c1-12-10-13(6-8-20-12)22-16(24)7-9-23-11-21-18-17(19(23)25)14-4-2-3-5-15(14)26-18/h11-13,20H,2-10H2,1H3,(H,22,24). The maximum absolute atomic E-state index is 12.9. The molecule has 6 nitrogen and oxygen atoms in total. The summed E-state index contributed by atoms with van der Waals surface area (Å²) >= 11 is 1.66. The summed E-state index contributed by atoms with van der Waals surface area (Å²) in [6, 6.07) is 0.674. The van der Waals surface area contributed by atoms with E-state index < -0.39 is 0 Å². The molecule has 1 saturated heterocycles. The molecule has 2 unspecified atom stereocenters. The predicted molar refractivity (Wildman–Crippen MR) is 104 cm³/mol. The number of hydrogen-bond donors (Lipinski definition) is 2. The number of carbonyl (C=O) groups excluding carboxylic acids is 1. The molecule has 7 heteroatoms. The normalized spacial score (nSPS) is 23.0. The predicted octanol–water partition coefficient (Wildman–Crippen LogP) is 1.98. The SMILES string of the molecule is CC1CC(NC(=O)CCn2cnc3sc4c(c3c2=O)CCCC4)CCN1. The summed E-state index contributed by atoms with van der Waals surface area (Å²) in [7, 11) is 0. The van der Waals surface area contributed by atoms with Crippen LogP contribution in [0.1, 0.15) is 49.5 Å². The van der Waals surface area contributed by atoms with Gasteiger partial charge in [-0.3, -0.25) is 14.2 Å². The number of hydrogen-bond acceptors (Lipinski definition) is 5. The van der Waals surface area contributed by atoms with Crippen LogP contribution >= 0.6 is 11.3 Å². The molecule has 2 N–H and O–H groups in total. The lowest BCUT2D eigenvalue weighted by Crippen LogP contribution is -2.46. The van der Waals surface area contributed by atoms with Crippen LogP contribution in [-0.4, -0.2) is 34.1 Å². The van der Waals surface area contributed by atoms with Crippen molar-refractivity contribution in [3.63, 3.8) is 0 Å². The quantitative estimate of drug-likeness (QED) is 0.858. The third kappa shape index (κ3) is 3.55. The molecule has 0 aromatic carbocycles. The summed E-state index contributed by atoms with van der Waals surface area (Å²) in [5, 5.41) is 7.29. The Morgan fingerprint density at radius 3 is 3.12 bits per heavy atom. The second-order valence-corrected chi connectivity index (χ2v) is 8.61. The average molecular weight is 375 g/mol. The minimum atomic E-state index is 0.0117. The van der Waals surface area contributed by atoms with Crippen LogP contribution in [-0.2, 0) is 24.2 Å². The largest absolute Gasteiger partial charge is 0.353 e. The van der Waals surface area contributed by atoms with E-state index in [2.05, 4.69) is 22.5 Å². The molecule has 140 valence electrons. The Balaban J connectivity index is 1.45. The Kier molecular flexibility index (Phi) is 5.09. The van der Waals surface area contributed by atoms with Crippen molar-refractivity contribution in [3.8, 4) is 0 Å². The van der Waals surface area contributed by atoms with Crippen molar-refractivity contribution in [2.24, 2.45) is 0 Å². The lowest BCUT2D eigenvalue weighted by atomic mass is 9.97. The fourth-order valence-corrected chi connectivity index (χ4v) is 5.34. The molecule has 0 spiro atoms. The van der Waals surface area contributed by atoms with E-state index in [1.807, 2.05) is 0 Å².